The molecular formula is C14H22N2. The van der Waals surface area contributed by atoms with E-state index in [-0.39, 0.29) is 0 Å². The number of hydrogen-bond acceptors (Lipinski definition) is 2. The Bertz CT molecular complexity index is 310. The Morgan fingerprint density at radius 3 is 2.62 bits per heavy atom. The standard InChI is InChI=1S/C14H22N2/c1-2-16(13-8-4-3-5-9-13)14-10-6-7-12(14)11-15/h3-5,8-9,12,14H,2,6-7,10-11,15H2,1H3. The molecule has 0 saturated heterocycles. The average Bonchev–Trinajstić information content (AvgIpc) is 2.80. The van der Waals surface area contributed by atoms with Crippen LogP contribution in [0.3, 0.4) is 0 Å². The predicted molar refractivity (Wildman–Crippen MR) is 69.6 cm³/mol. The maximum atomic E-state index is 5.87. The Hall–Kier alpha value is -1.02. The lowest BCUT2D eigenvalue weighted by Crippen LogP contribution is -2.40. The molecule has 1 aromatic rings. The first-order chi connectivity index (χ1) is 7.86. The molecule has 0 radical (unpaired) electrons. The molecule has 0 bridgehead atoms. The molecule has 2 unspecified atom stereocenters. The van der Waals surface area contributed by atoms with Gasteiger partial charge in [-0.15, -0.1) is 0 Å². The van der Waals surface area contributed by atoms with Crippen molar-refractivity contribution in [2.45, 2.75) is 32.2 Å². The van der Waals surface area contributed by atoms with Gasteiger partial charge in [0.25, 0.3) is 0 Å². The van der Waals surface area contributed by atoms with Gasteiger partial charge in [0.05, 0.1) is 0 Å². The zero-order chi connectivity index (χ0) is 11.4. The number of para-hydroxylation sites is 1. The number of rotatable bonds is 4. The second-order valence-corrected chi connectivity index (χ2v) is 4.62. The Morgan fingerprint density at radius 2 is 2.00 bits per heavy atom. The number of nitrogens with zero attached hydrogens (tertiary/aromatic N) is 1. The van der Waals surface area contributed by atoms with Crippen LogP contribution < -0.4 is 10.6 Å². The quantitative estimate of drug-likeness (QED) is 0.842. The molecule has 2 nitrogen and oxygen atoms in total. The number of hydrogen-bond donors (Lipinski definition) is 1. The summed E-state index contributed by atoms with van der Waals surface area (Å²) in [7, 11) is 0. The van der Waals surface area contributed by atoms with Crippen molar-refractivity contribution in [2.75, 3.05) is 18.0 Å². The maximum Gasteiger partial charge on any atom is 0.0368 e. The Morgan fingerprint density at radius 1 is 1.25 bits per heavy atom. The SMILES string of the molecule is CCN(c1ccccc1)C1CCCC1CN. The van der Waals surface area contributed by atoms with Crippen molar-refractivity contribution in [3.8, 4) is 0 Å². The molecular weight excluding hydrogens is 196 g/mol. The van der Waals surface area contributed by atoms with E-state index in [1.54, 1.807) is 0 Å². The zero-order valence-electron chi connectivity index (χ0n) is 10.1. The summed E-state index contributed by atoms with van der Waals surface area (Å²) >= 11 is 0. The molecule has 1 aromatic carbocycles. The summed E-state index contributed by atoms with van der Waals surface area (Å²) in [5.41, 5.74) is 7.21. The maximum absolute atomic E-state index is 5.87. The van der Waals surface area contributed by atoms with Crippen LogP contribution in [0.4, 0.5) is 5.69 Å². The van der Waals surface area contributed by atoms with Crippen LogP contribution in [-0.4, -0.2) is 19.1 Å². The highest BCUT2D eigenvalue weighted by Gasteiger charge is 2.30. The average molecular weight is 218 g/mol. The number of benzene rings is 1. The molecule has 0 spiro atoms. The molecule has 0 amide bonds. The van der Waals surface area contributed by atoms with Gasteiger partial charge in [-0.1, -0.05) is 24.6 Å². The van der Waals surface area contributed by atoms with Crippen molar-refractivity contribution in [3.63, 3.8) is 0 Å². The normalized spacial score (nSPS) is 24.6. The van der Waals surface area contributed by atoms with Gasteiger partial charge < -0.3 is 10.6 Å². The second-order valence-electron chi connectivity index (χ2n) is 4.62. The molecule has 16 heavy (non-hydrogen) atoms. The third-order valence-corrected chi connectivity index (χ3v) is 3.75. The lowest BCUT2D eigenvalue weighted by Gasteiger charge is -2.33. The lowest BCUT2D eigenvalue weighted by atomic mass is 10.0. The first-order valence-corrected chi connectivity index (χ1v) is 6.38. The predicted octanol–water partition coefficient (Wildman–Crippen LogP) is 2.64. The second kappa shape index (κ2) is 5.35. The first-order valence-electron chi connectivity index (χ1n) is 6.38. The number of nitrogens with two attached hydrogens (primary N) is 1. The molecule has 88 valence electrons. The highest BCUT2D eigenvalue weighted by molar-refractivity contribution is 5.47. The highest BCUT2D eigenvalue weighted by atomic mass is 15.2. The van der Waals surface area contributed by atoms with E-state index in [1.165, 1.54) is 24.9 Å². The minimum Gasteiger partial charge on any atom is -0.369 e. The van der Waals surface area contributed by atoms with E-state index < -0.39 is 0 Å². The molecule has 0 heterocycles. The van der Waals surface area contributed by atoms with Crippen LogP contribution in [0.1, 0.15) is 26.2 Å². The van der Waals surface area contributed by atoms with Crippen LogP contribution in [0.2, 0.25) is 0 Å². The van der Waals surface area contributed by atoms with E-state index in [2.05, 4.69) is 42.2 Å². The van der Waals surface area contributed by atoms with Crippen LogP contribution >= 0.6 is 0 Å². The summed E-state index contributed by atoms with van der Waals surface area (Å²) in [5, 5.41) is 0. The van der Waals surface area contributed by atoms with Gasteiger partial charge in [-0.3, -0.25) is 0 Å². The van der Waals surface area contributed by atoms with Crippen LogP contribution in [0.15, 0.2) is 30.3 Å². The van der Waals surface area contributed by atoms with Gasteiger partial charge in [-0.05, 0) is 44.4 Å². The molecule has 0 aromatic heterocycles. The van der Waals surface area contributed by atoms with Gasteiger partial charge >= 0.3 is 0 Å². The Balaban J connectivity index is 2.16. The molecule has 1 fully saturated rings. The summed E-state index contributed by atoms with van der Waals surface area (Å²) in [5.74, 6) is 0.681. The summed E-state index contributed by atoms with van der Waals surface area (Å²) in [6.07, 6.45) is 3.92. The molecule has 1 aliphatic rings. The highest BCUT2D eigenvalue weighted by Crippen LogP contribution is 2.32. The Kier molecular flexibility index (Phi) is 3.83. The summed E-state index contributed by atoms with van der Waals surface area (Å²) in [6, 6.07) is 11.4. The summed E-state index contributed by atoms with van der Waals surface area (Å²) in [6.45, 7) is 4.14. The third kappa shape index (κ3) is 2.22. The van der Waals surface area contributed by atoms with E-state index in [1.807, 2.05) is 0 Å². The van der Waals surface area contributed by atoms with E-state index in [0.29, 0.717) is 12.0 Å². The minimum absolute atomic E-state index is 0.650. The third-order valence-electron chi connectivity index (χ3n) is 3.75. The lowest BCUT2D eigenvalue weighted by molar-refractivity contribution is 0.462. The first kappa shape index (κ1) is 11.5. The van der Waals surface area contributed by atoms with Crippen LogP contribution in [0.5, 0.6) is 0 Å². The van der Waals surface area contributed by atoms with E-state index >= 15 is 0 Å². The van der Waals surface area contributed by atoms with Gasteiger partial charge in [-0.2, -0.15) is 0 Å². The van der Waals surface area contributed by atoms with Crippen LogP contribution in [-0.2, 0) is 0 Å². The van der Waals surface area contributed by atoms with Crippen molar-refractivity contribution in [2.24, 2.45) is 11.7 Å². The molecule has 1 saturated carbocycles. The van der Waals surface area contributed by atoms with Gasteiger partial charge in [0.1, 0.15) is 0 Å². The molecule has 0 aliphatic heterocycles. The van der Waals surface area contributed by atoms with Crippen molar-refractivity contribution in [1.29, 1.82) is 0 Å². The van der Waals surface area contributed by atoms with Crippen molar-refractivity contribution in [1.82, 2.24) is 0 Å². The van der Waals surface area contributed by atoms with Gasteiger partial charge in [-0.25, -0.2) is 0 Å². The van der Waals surface area contributed by atoms with Gasteiger partial charge in [0, 0.05) is 18.3 Å². The topological polar surface area (TPSA) is 29.3 Å². The Labute approximate surface area is 98.4 Å². The van der Waals surface area contributed by atoms with Crippen molar-refractivity contribution in [3.05, 3.63) is 30.3 Å². The van der Waals surface area contributed by atoms with E-state index in [0.717, 1.165) is 13.1 Å². The molecule has 2 N–H and O–H groups in total. The van der Waals surface area contributed by atoms with Crippen molar-refractivity contribution >= 4 is 5.69 Å². The zero-order valence-corrected chi connectivity index (χ0v) is 10.1. The monoisotopic (exact) mass is 218 g/mol. The number of anilines is 1. The fraction of sp³-hybridized carbons (Fsp3) is 0.571. The summed E-state index contributed by atoms with van der Waals surface area (Å²) in [4.78, 5) is 2.52. The minimum atomic E-state index is 0.650. The fourth-order valence-corrected chi connectivity index (χ4v) is 2.93. The van der Waals surface area contributed by atoms with Crippen molar-refractivity contribution < 1.29 is 0 Å². The summed E-state index contributed by atoms with van der Waals surface area (Å²) < 4.78 is 0. The van der Waals surface area contributed by atoms with Gasteiger partial charge in [0.2, 0.25) is 0 Å². The molecule has 2 atom stereocenters. The molecule has 2 heteroatoms. The van der Waals surface area contributed by atoms with E-state index in [9.17, 15) is 0 Å². The molecule has 1 aliphatic carbocycles. The largest absolute Gasteiger partial charge is 0.369 e. The van der Waals surface area contributed by atoms with Crippen LogP contribution in [0, 0.1) is 5.92 Å². The molecule has 2 rings (SSSR count). The van der Waals surface area contributed by atoms with Crippen LogP contribution in [0.25, 0.3) is 0 Å². The smallest absolute Gasteiger partial charge is 0.0368 e. The van der Waals surface area contributed by atoms with E-state index in [4.69, 9.17) is 5.73 Å². The van der Waals surface area contributed by atoms with Gasteiger partial charge in [0.15, 0.2) is 0 Å². The fourth-order valence-electron chi connectivity index (χ4n) is 2.93.